The number of hydrogen-bond acceptors (Lipinski definition) is 2. The fourth-order valence-electron chi connectivity index (χ4n) is 2.15. The van der Waals surface area contributed by atoms with Gasteiger partial charge in [0.1, 0.15) is 0 Å². The van der Waals surface area contributed by atoms with Gasteiger partial charge in [-0.3, -0.25) is 4.79 Å². The van der Waals surface area contributed by atoms with Crippen LogP contribution in [0.2, 0.25) is 0 Å². The molecular formula is C17H20N2OS. The van der Waals surface area contributed by atoms with E-state index in [1.807, 2.05) is 36.4 Å². The van der Waals surface area contributed by atoms with Crippen molar-refractivity contribution in [3.8, 4) is 0 Å². The van der Waals surface area contributed by atoms with Gasteiger partial charge in [-0.2, -0.15) is 0 Å². The second-order valence-electron chi connectivity index (χ2n) is 5.02. The SMILES string of the molecule is CCCCCC(=O)NC(=S)Nc1ccc2ccccc2c1. The molecule has 0 radical (unpaired) electrons. The van der Waals surface area contributed by atoms with Gasteiger partial charge in [-0.25, -0.2) is 0 Å². The quantitative estimate of drug-likeness (QED) is 0.641. The Kier molecular flexibility index (Phi) is 5.69. The van der Waals surface area contributed by atoms with Gasteiger partial charge in [0, 0.05) is 12.1 Å². The van der Waals surface area contributed by atoms with Crippen LogP contribution in [0.25, 0.3) is 10.8 Å². The fraction of sp³-hybridized carbons (Fsp3) is 0.294. The van der Waals surface area contributed by atoms with E-state index < -0.39 is 0 Å². The zero-order chi connectivity index (χ0) is 15.1. The molecule has 0 saturated carbocycles. The number of carbonyl (C=O) groups excluding carboxylic acids is 1. The molecular weight excluding hydrogens is 280 g/mol. The number of amides is 1. The minimum Gasteiger partial charge on any atom is -0.332 e. The van der Waals surface area contributed by atoms with Crippen LogP contribution in [0.15, 0.2) is 42.5 Å². The first-order valence-electron chi connectivity index (χ1n) is 7.28. The lowest BCUT2D eigenvalue weighted by molar-refractivity contribution is -0.119. The summed E-state index contributed by atoms with van der Waals surface area (Å²) in [7, 11) is 0. The van der Waals surface area contributed by atoms with Crippen molar-refractivity contribution < 1.29 is 4.79 Å². The van der Waals surface area contributed by atoms with E-state index in [0.29, 0.717) is 11.5 Å². The summed E-state index contributed by atoms with van der Waals surface area (Å²) in [6.45, 7) is 2.11. The second-order valence-corrected chi connectivity index (χ2v) is 5.43. The zero-order valence-electron chi connectivity index (χ0n) is 12.2. The summed E-state index contributed by atoms with van der Waals surface area (Å²) >= 11 is 5.17. The second kappa shape index (κ2) is 7.74. The van der Waals surface area contributed by atoms with Crippen molar-refractivity contribution in [2.75, 3.05) is 5.32 Å². The topological polar surface area (TPSA) is 41.1 Å². The van der Waals surface area contributed by atoms with Crippen molar-refractivity contribution >= 4 is 39.7 Å². The fourth-order valence-corrected chi connectivity index (χ4v) is 2.39. The summed E-state index contributed by atoms with van der Waals surface area (Å²) in [5, 5.41) is 8.44. The number of fused-ring (bicyclic) bond motifs is 1. The van der Waals surface area contributed by atoms with Crippen molar-refractivity contribution in [1.29, 1.82) is 0 Å². The number of unbranched alkanes of at least 4 members (excludes halogenated alkanes) is 2. The van der Waals surface area contributed by atoms with Crippen LogP contribution in [0.1, 0.15) is 32.6 Å². The Morgan fingerprint density at radius 2 is 1.86 bits per heavy atom. The lowest BCUT2D eigenvalue weighted by atomic mass is 10.1. The average Bonchev–Trinajstić information content (AvgIpc) is 2.47. The van der Waals surface area contributed by atoms with Crippen molar-refractivity contribution in [3.05, 3.63) is 42.5 Å². The summed E-state index contributed by atoms with van der Waals surface area (Å²) in [6.07, 6.45) is 3.60. The van der Waals surface area contributed by atoms with E-state index in [1.54, 1.807) is 0 Å². The van der Waals surface area contributed by atoms with E-state index in [0.717, 1.165) is 30.3 Å². The number of rotatable bonds is 5. The molecule has 2 N–H and O–H groups in total. The number of carbonyl (C=O) groups is 1. The summed E-state index contributed by atoms with van der Waals surface area (Å²) < 4.78 is 0. The summed E-state index contributed by atoms with van der Waals surface area (Å²) in [5.41, 5.74) is 0.882. The van der Waals surface area contributed by atoms with E-state index in [4.69, 9.17) is 12.2 Å². The van der Waals surface area contributed by atoms with Crippen LogP contribution in [0, 0.1) is 0 Å². The van der Waals surface area contributed by atoms with E-state index in [1.165, 1.54) is 5.39 Å². The first-order chi connectivity index (χ1) is 10.2. The maximum absolute atomic E-state index is 11.7. The molecule has 4 heteroatoms. The summed E-state index contributed by atoms with van der Waals surface area (Å²) in [5.74, 6) is -0.0262. The number of anilines is 1. The van der Waals surface area contributed by atoms with Gasteiger partial charge in [0.05, 0.1) is 0 Å². The number of thiocarbonyl (C=S) groups is 1. The maximum Gasteiger partial charge on any atom is 0.226 e. The Morgan fingerprint density at radius 3 is 2.62 bits per heavy atom. The Balaban J connectivity index is 1.90. The largest absolute Gasteiger partial charge is 0.332 e. The molecule has 110 valence electrons. The molecule has 1 amide bonds. The highest BCUT2D eigenvalue weighted by Gasteiger charge is 2.04. The molecule has 2 aromatic carbocycles. The molecule has 0 unspecified atom stereocenters. The third-order valence-corrected chi connectivity index (χ3v) is 3.47. The molecule has 2 rings (SSSR count). The van der Waals surface area contributed by atoms with Crippen LogP contribution in [0.5, 0.6) is 0 Å². The Morgan fingerprint density at radius 1 is 1.10 bits per heavy atom. The molecule has 3 nitrogen and oxygen atoms in total. The predicted molar refractivity (Wildman–Crippen MR) is 92.5 cm³/mol. The minimum atomic E-state index is -0.0262. The highest BCUT2D eigenvalue weighted by Crippen LogP contribution is 2.18. The van der Waals surface area contributed by atoms with E-state index in [9.17, 15) is 4.79 Å². The molecule has 2 aromatic rings. The van der Waals surface area contributed by atoms with Crippen LogP contribution in [-0.4, -0.2) is 11.0 Å². The van der Waals surface area contributed by atoms with Crippen LogP contribution in [0.4, 0.5) is 5.69 Å². The molecule has 0 aliphatic rings. The first-order valence-corrected chi connectivity index (χ1v) is 7.69. The lowest BCUT2D eigenvalue weighted by Gasteiger charge is -2.10. The van der Waals surface area contributed by atoms with Crippen LogP contribution >= 0.6 is 12.2 Å². The number of hydrogen-bond donors (Lipinski definition) is 2. The van der Waals surface area contributed by atoms with Crippen molar-refractivity contribution in [2.24, 2.45) is 0 Å². The number of benzene rings is 2. The molecule has 0 heterocycles. The zero-order valence-corrected chi connectivity index (χ0v) is 13.0. The summed E-state index contributed by atoms with van der Waals surface area (Å²) in [4.78, 5) is 11.7. The van der Waals surface area contributed by atoms with Crippen LogP contribution < -0.4 is 10.6 Å². The Bertz CT molecular complexity index is 639. The Hall–Kier alpha value is -1.94. The van der Waals surface area contributed by atoms with Gasteiger partial charge < -0.3 is 10.6 Å². The lowest BCUT2D eigenvalue weighted by Crippen LogP contribution is -2.33. The monoisotopic (exact) mass is 300 g/mol. The van der Waals surface area contributed by atoms with Gasteiger partial charge >= 0.3 is 0 Å². The van der Waals surface area contributed by atoms with Crippen molar-refractivity contribution in [2.45, 2.75) is 32.6 Å². The number of nitrogens with one attached hydrogen (secondary N) is 2. The average molecular weight is 300 g/mol. The Labute approximate surface area is 130 Å². The molecule has 0 spiro atoms. The van der Waals surface area contributed by atoms with Gasteiger partial charge in [0.25, 0.3) is 0 Å². The van der Waals surface area contributed by atoms with Crippen molar-refractivity contribution in [3.63, 3.8) is 0 Å². The molecule has 0 aliphatic carbocycles. The van der Waals surface area contributed by atoms with E-state index in [-0.39, 0.29) is 5.91 Å². The molecule has 21 heavy (non-hydrogen) atoms. The van der Waals surface area contributed by atoms with Crippen LogP contribution in [-0.2, 0) is 4.79 Å². The normalized spacial score (nSPS) is 10.3. The van der Waals surface area contributed by atoms with Crippen LogP contribution in [0.3, 0.4) is 0 Å². The van der Waals surface area contributed by atoms with Gasteiger partial charge in [-0.15, -0.1) is 0 Å². The third-order valence-electron chi connectivity index (χ3n) is 3.27. The standard InChI is InChI=1S/C17H20N2OS/c1-2-3-4-9-16(20)19-17(21)18-15-11-10-13-7-5-6-8-14(13)12-15/h5-8,10-12H,2-4,9H2,1H3,(H2,18,19,20,21). The van der Waals surface area contributed by atoms with Gasteiger partial charge in [0.15, 0.2) is 5.11 Å². The predicted octanol–water partition coefficient (Wildman–Crippen LogP) is 4.23. The smallest absolute Gasteiger partial charge is 0.226 e. The summed E-state index contributed by atoms with van der Waals surface area (Å²) in [6, 6.07) is 14.1. The molecule has 0 bridgehead atoms. The van der Waals surface area contributed by atoms with Gasteiger partial charge in [0.2, 0.25) is 5.91 Å². The molecule has 0 saturated heterocycles. The highest BCUT2D eigenvalue weighted by atomic mass is 32.1. The molecule has 0 atom stereocenters. The molecule has 0 fully saturated rings. The van der Waals surface area contributed by atoms with Gasteiger partial charge in [-0.1, -0.05) is 50.1 Å². The molecule has 0 aliphatic heterocycles. The van der Waals surface area contributed by atoms with E-state index >= 15 is 0 Å². The van der Waals surface area contributed by atoms with Gasteiger partial charge in [-0.05, 0) is 41.5 Å². The van der Waals surface area contributed by atoms with Crippen molar-refractivity contribution in [1.82, 2.24) is 5.32 Å². The first kappa shape index (κ1) is 15.4. The third kappa shape index (κ3) is 4.83. The minimum absolute atomic E-state index is 0.0262. The van der Waals surface area contributed by atoms with E-state index in [2.05, 4.69) is 23.6 Å². The maximum atomic E-state index is 11.7. The molecule has 0 aromatic heterocycles. The highest BCUT2D eigenvalue weighted by molar-refractivity contribution is 7.80.